The number of halogens is 4. The van der Waals surface area contributed by atoms with Gasteiger partial charge in [-0.3, -0.25) is 4.90 Å². The maximum atomic E-state index is 11.9. The average Bonchev–Trinajstić information content (AvgIpc) is 1.98. The van der Waals surface area contributed by atoms with Gasteiger partial charge in [0.05, 0.1) is 0 Å². The highest BCUT2D eigenvalue weighted by atomic mass is 35.5. The molecule has 0 aromatic carbocycles. The molecule has 0 aromatic heterocycles. The fraction of sp³-hybridized carbons (Fsp3) is 1.00. The topological polar surface area (TPSA) is 3.24 Å². The van der Waals surface area contributed by atoms with Gasteiger partial charge >= 0.3 is 6.18 Å². The van der Waals surface area contributed by atoms with Crippen molar-refractivity contribution >= 4 is 11.6 Å². The zero-order valence-electron chi connectivity index (χ0n) is 8.69. The van der Waals surface area contributed by atoms with Crippen molar-refractivity contribution in [3.63, 3.8) is 0 Å². The van der Waals surface area contributed by atoms with Crippen molar-refractivity contribution in [2.75, 3.05) is 19.0 Å². The summed E-state index contributed by atoms with van der Waals surface area (Å²) in [5.41, 5.74) is 0. The van der Waals surface area contributed by atoms with Gasteiger partial charge in [-0.05, 0) is 25.8 Å². The van der Waals surface area contributed by atoms with Crippen LogP contribution in [0.4, 0.5) is 13.2 Å². The third-order valence-electron chi connectivity index (χ3n) is 2.87. The van der Waals surface area contributed by atoms with E-state index in [1.165, 1.54) is 6.42 Å². The fourth-order valence-corrected chi connectivity index (χ4v) is 2.04. The molecule has 0 N–H and O–H groups in total. The SMILES string of the molecule is FC(F)(F)CCCN(CCCl)C1CCC1. The van der Waals surface area contributed by atoms with Crippen LogP contribution in [0.1, 0.15) is 32.1 Å². The molecule has 5 heteroatoms. The van der Waals surface area contributed by atoms with Gasteiger partial charge in [-0.15, -0.1) is 11.6 Å². The van der Waals surface area contributed by atoms with Crippen LogP contribution in [0.15, 0.2) is 0 Å². The molecule has 1 nitrogen and oxygen atoms in total. The molecule has 0 amide bonds. The zero-order chi connectivity index (χ0) is 11.3. The van der Waals surface area contributed by atoms with Gasteiger partial charge in [0.2, 0.25) is 0 Å². The lowest BCUT2D eigenvalue weighted by atomic mass is 9.91. The summed E-state index contributed by atoms with van der Waals surface area (Å²) in [6, 6.07) is 0.483. The highest BCUT2D eigenvalue weighted by Crippen LogP contribution is 2.26. The molecular formula is C10H17ClF3N. The Balaban J connectivity index is 2.19. The van der Waals surface area contributed by atoms with Crippen LogP contribution in [0.5, 0.6) is 0 Å². The van der Waals surface area contributed by atoms with Crippen molar-refractivity contribution in [3.05, 3.63) is 0 Å². The number of alkyl halides is 4. The predicted octanol–water partition coefficient (Wildman–Crippen LogP) is 3.42. The van der Waals surface area contributed by atoms with E-state index in [4.69, 9.17) is 11.6 Å². The first-order chi connectivity index (χ1) is 7.03. The molecule has 1 rings (SSSR count). The number of hydrogen-bond acceptors (Lipinski definition) is 1. The molecule has 1 aliphatic rings. The lowest BCUT2D eigenvalue weighted by Crippen LogP contribution is -2.42. The Morgan fingerprint density at radius 2 is 1.87 bits per heavy atom. The summed E-state index contributed by atoms with van der Waals surface area (Å²) in [5.74, 6) is 0.502. The average molecular weight is 244 g/mol. The quantitative estimate of drug-likeness (QED) is 0.646. The minimum absolute atomic E-state index is 0.191. The molecule has 1 aliphatic carbocycles. The van der Waals surface area contributed by atoms with Crippen LogP contribution < -0.4 is 0 Å². The minimum Gasteiger partial charge on any atom is -0.299 e. The molecule has 0 heterocycles. The molecule has 0 spiro atoms. The van der Waals surface area contributed by atoms with Crippen LogP contribution >= 0.6 is 11.6 Å². The molecule has 0 radical (unpaired) electrons. The minimum atomic E-state index is -4.02. The van der Waals surface area contributed by atoms with Crippen molar-refractivity contribution in [1.29, 1.82) is 0 Å². The van der Waals surface area contributed by atoms with Gasteiger partial charge in [-0.25, -0.2) is 0 Å². The Bertz CT molecular complexity index is 180. The van der Waals surface area contributed by atoms with Crippen molar-refractivity contribution in [3.8, 4) is 0 Å². The summed E-state index contributed by atoms with van der Waals surface area (Å²) in [5, 5.41) is 0. The van der Waals surface area contributed by atoms with Gasteiger partial charge in [-0.2, -0.15) is 13.2 Å². The molecule has 0 saturated heterocycles. The summed E-state index contributed by atoms with van der Waals surface area (Å²) in [6.45, 7) is 1.24. The lowest BCUT2D eigenvalue weighted by Gasteiger charge is -2.37. The normalized spacial score (nSPS) is 18.2. The lowest BCUT2D eigenvalue weighted by molar-refractivity contribution is -0.136. The van der Waals surface area contributed by atoms with E-state index in [1.54, 1.807) is 0 Å². The van der Waals surface area contributed by atoms with Crippen molar-refractivity contribution < 1.29 is 13.2 Å². The van der Waals surface area contributed by atoms with Crippen LogP contribution in [-0.2, 0) is 0 Å². The Morgan fingerprint density at radius 3 is 2.27 bits per heavy atom. The summed E-state index contributed by atoms with van der Waals surface area (Å²) >= 11 is 5.63. The Labute approximate surface area is 93.6 Å². The van der Waals surface area contributed by atoms with E-state index < -0.39 is 12.6 Å². The molecule has 0 unspecified atom stereocenters. The van der Waals surface area contributed by atoms with Crippen LogP contribution in [-0.4, -0.2) is 36.1 Å². The van der Waals surface area contributed by atoms with Gasteiger partial charge in [0.25, 0.3) is 0 Å². The molecule has 0 bridgehead atoms. The van der Waals surface area contributed by atoms with Crippen molar-refractivity contribution in [2.24, 2.45) is 0 Å². The standard InChI is InChI=1S/C10H17ClF3N/c11-6-8-15(9-3-1-4-9)7-2-5-10(12,13)14/h9H,1-8H2. The number of nitrogens with zero attached hydrogens (tertiary/aromatic N) is 1. The largest absolute Gasteiger partial charge is 0.389 e. The molecule has 1 saturated carbocycles. The van der Waals surface area contributed by atoms with Crippen molar-refractivity contribution in [1.82, 2.24) is 4.90 Å². The van der Waals surface area contributed by atoms with Crippen LogP contribution in [0.25, 0.3) is 0 Å². The Morgan fingerprint density at radius 1 is 1.20 bits per heavy atom. The second kappa shape index (κ2) is 5.94. The van der Waals surface area contributed by atoms with Gasteiger partial charge in [-0.1, -0.05) is 6.42 Å². The van der Waals surface area contributed by atoms with Crippen LogP contribution in [0, 0.1) is 0 Å². The molecule has 90 valence electrons. The summed E-state index contributed by atoms with van der Waals surface area (Å²) in [4.78, 5) is 2.10. The maximum absolute atomic E-state index is 11.9. The summed E-state index contributed by atoms with van der Waals surface area (Å²) < 4.78 is 35.8. The van der Waals surface area contributed by atoms with Gasteiger partial charge < -0.3 is 0 Å². The van der Waals surface area contributed by atoms with E-state index in [9.17, 15) is 13.2 Å². The Hall–Kier alpha value is 0.0400. The van der Waals surface area contributed by atoms with Gasteiger partial charge in [0.1, 0.15) is 0 Å². The van der Waals surface area contributed by atoms with E-state index in [1.807, 2.05) is 0 Å². The first-order valence-electron chi connectivity index (χ1n) is 5.39. The molecule has 0 atom stereocenters. The third kappa shape index (κ3) is 5.07. The van der Waals surface area contributed by atoms with E-state index in [2.05, 4.69) is 4.90 Å². The second-order valence-electron chi connectivity index (χ2n) is 4.03. The predicted molar refractivity (Wildman–Crippen MR) is 55.2 cm³/mol. The summed E-state index contributed by atoms with van der Waals surface area (Å²) in [6.07, 6.45) is -1.09. The van der Waals surface area contributed by atoms with E-state index >= 15 is 0 Å². The van der Waals surface area contributed by atoms with Crippen LogP contribution in [0.2, 0.25) is 0 Å². The van der Waals surface area contributed by atoms with E-state index in [-0.39, 0.29) is 6.42 Å². The highest BCUT2D eigenvalue weighted by molar-refractivity contribution is 6.18. The fourth-order valence-electron chi connectivity index (χ4n) is 1.82. The zero-order valence-corrected chi connectivity index (χ0v) is 9.45. The number of hydrogen-bond donors (Lipinski definition) is 0. The van der Waals surface area contributed by atoms with E-state index in [0.717, 1.165) is 12.8 Å². The third-order valence-corrected chi connectivity index (χ3v) is 3.04. The monoisotopic (exact) mass is 243 g/mol. The molecule has 0 aromatic rings. The molecule has 15 heavy (non-hydrogen) atoms. The molecule has 0 aliphatic heterocycles. The number of rotatable bonds is 6. The first-order valence-corrected chi connectivity index (χ1v) is 5.93. The summed E-state index contributed by atoms with van der Waals surface area (Å²) in [7, 11) is 0. The van der Waals surface area contributed by atoms with Gasteiger partial charge in [0, 0.05) is 24.9 Å². The van der Waals surface area contributed by atoms with E-state index in [0.29, 0.717) is 25.0 Å². The smallest absolute Gasteiger partial charge is 0.299 e. The second-order valence-corrected chi connectivity index (χ2v) is 4.41. The van der Waals surface area contributed by atoms with Crippen molar-refractivity contribution in [2.45, 2.75) is 44.3 Å². The van der Waals surface area contributed by atoms with Crippen LogP contribution in [0.3, 0.4) is 0 Å². The van der Waals surface area contributed by atoms with Gasteiger partial charge in [0.15, 0.2) is 0 Å². The first kappa shape index (κ1) is 13.1. The maximum Gasteiger partial charge on any atom is 0.389 e. The highest BCUT2D eigenvalue weighted by Gasteiger charge is 2.28. The Kier molecular flexibility index (Phi) is 5.19. The molecule has 1 fully saturated rings. The molecular weight excluding hydrogens is 227 g/mol.